The van der Waals surface area contributed by atoms with E-state index >= 15 is 0 Å². The number of hydrogen-bond acceptors (Lipinski definition) is 4. The van der Waals surface area contributed by atoms with Gasteiger partial charge >= 0.3 is 0 Å². The van der Waals surface area contributed by atoms with Crippen molar-refractivity contribution in [2.24, 2.45) is 0 Å². The SMILES string of the molecule is CCNC(=O)[C@@H](CC)N(Cc1ccccc1Cl)C(=O)CN(c1ccccc1C)S(=O)(=O)c1ccc(Cl)cc1. The van der Waals surface area contributed by atoms with Gasteiger partial charge in [0.2, 0.25) is 11.8 Å². The van der Waals surface area contributed by atoms with Crippen LogP contribution in [0.4, 0.5) is 5.69 Å². The van der Waals surface area contributed by atoms with Gasteiger partial charge < -0.3 is 10.2 Å². The van der Waals surface area contributed by atoms with Crippen molar-refractivity contribution in [3.8, 4) is 0 Å². The number of aryl methyl sites for hydroxylation is 1. The highest BCUT2D eigenvalue weighted by Gasteiger charge is 2.34. The number of carbonyl (C=O) groups is 2. The average molecular weight is 577 g/mol. The lowest BCUT2D eigenvalue weighted by atomic mass is 10.1. The minimum absolute atomic E-state index is 0.00799. The van der Waals surface area contributed by atoms with Crippen molar-refractivity contribution in [2.75, 3.05) is 17.4 Å². The van der Waals surface area contributed by atoms with Crippen LogP contribution in [0.1, 0.15) is 31.4 Å². The molecule has 0 aliphatic heterocycles. The van der Waals surface area contributed by atoms with Crippen LogP contribution in [0.5, 0.6) is 0 Å². The molecule has 0 unspecified atom stereocenters. The molecule has 3 aromatic rings. The maximum atomic E-state index is 14.0. The smallest absolute Gasteiger partial charge is 0.264 e. The molecule has 7 nitrogen and oxygen atoms in total. The lowest BCUT2D eigenvalue weighted by Crippen LogP contribution is -2.52. The molecular formula is C28H31Cl2N3O4S. The monoisotopic (exact) mass is 575 g/mol. The fraction of sp³-hybridized carbons (Fsp3) is 0.286. The van der Waals surface area contributed by atoms with E-state index in [1.165, 1.54) is 29.2 Å². The fourth-order valence-electron chi connectivity index (χ4n) is 4.11. The van der Waals surface area contributed by atoms with E-state index in [2.05, 4.69) is 5.32 Å². The first-order chi connectivity index (χ1) is 18.1. The largest absolute Gasteiger partial charge is 0.355 e. The number of anilines is 1. The van der Waals surface area contributed by atoms with Crippen molar-refractivity contribution in [3.63, 3.8) is 0 Å². The number of likely N-dealkylation sites (N-methyl/N-ethyl adjacent to an activating group) is 1. The maximum Gasteiger partial charge on any atom is 0.264 e. The van der Waals surface area contributed by atoms with Crippen LogP contribution in [-0.2, 0) is 26.2 Å². The average Bonchev–Trinajstić information content (AvgIpc) is 2.89. The number of hydrogen-bond donors (Lipinski definition) is 1. The van der Waals surface area contributed by atoms with Crippen molar-refractivity contribution in [1.82, 2.24) is 10.2 Å². The number of para-hydroxylation sites is 1. The molecule has 0 aliphatic carbocycles. The molecular weight excluding hydrogens is 545 g/mol. The highest BCUT2D eigenvalue weighted by molar-refractivity contribution is 7.92. The second-order valence-corrected chi connectivity index (χ2v) is 11.4. The number of rotatable bonds is 11. The number of sulfonamides is 1. The highest BCUT2D eigenvalue weighted by Crippen LogP contribution is 2.28. The van der Waals surface area contributed by atoms with Crippen LogP contribution in [0.2, 0.25) is 10.0 Å². The highest BCUT2D eigenvalue weighted by atomic mass is 35.5. The summed E-state index contributed by atoms with van der Waals surface area (Å²) >= 11 is 12.4. The molecule has 202 valence electrons. The molecule has 0 fully saturated rings. The number of nitrogens with one attached hydrogen (secondary N) is 1. The van der Waals surface area contributed by atoms with E-state index in [1.54, 1.807) is 69.3 Å². The Bertz CT molecular complexity index is 1380. The molecule has 10 heteroatoms. The summed E-state index contributed by atoms with van der Waals surface area (Å²) in [6, 6.07) is 18.9. The first kappa shape index (κ1) is 29.5. The molecule has 0 aliphatic rings. The predicted molar refractivity (Wildman–Crippen MR) is 152 cm³/mol. The predicted octanol–water partition coefficient (Wildman–Crippen LogP) is 5.44. The third-order valence-corrected chi connectivity index (χ3v) is 8.49. The summed E-state index contributed by atoms with van der Waals surface area (Å²) in [6.07, 6.45) is 0.330. The van der Waals surface area contributed by atoms with Crippen LogP contribution < -0.4 is 9.62 Å². The summed E-state index contributed by atoms with van der Waals surface area (Å²) in [5.41, 5.74) is 1.68. The fourth-order valence-corrected chi connectivity index (χ4v) is 5.91. The topological polar surface area (TPSA) is 86.8 Å². The Morgan fingerprint density at radius 3 is 2.16 bits per heavy atom. The summed E-state index contributed by atoms with van der Waals surface area (Å²) in [5, 5.41) is 3.61. The molecule has 2 amide bonds. The minimum Gasteiger partial charge on any atom is -0.355 e. The lowest BCUT2D eigenvalue weighted by Gasteiger charge is -2.33. The van der Waals surface area contributed by atoms with Gasteiger partial charge in [-0.3, -0.25) is 13.9 Å². The Kier molecular flexibility index (Phi) is 10.2. The first-order valence-electron chi connectivity index (χ1n) is 12.2. The van der Waals surface area contributed by atoms with Gasteiger partial charge in [-0.2, -0.15) is 0 Å². The Morgan fingerprint density at radius 2 is 1.55 bits per heavy atom. The molecule has 3 rings (SSSR count). The normalized spacial score (nSPS) is 12.0. The van der Waals surface area contributed by atoms with Gasteiger partial charge in [-0.15, -0.1) is 0 Å². The zero-order valence-electron chi connectivity index (χ0n) is 21.5. The van der Waals surface area contributed by atoms with Gasteiger partial charge in [-0.1, -0.05) is 66.5 Å². The molecule has 1 atom stereocenters. The Hall–Kier alpha value is -3.07. The molecule has 0 radical (unpaired) electrons. The van der Waals surface area contributed by atoms with E-state index in [4.69, 9.17) is 23.2 Å². The van der Waals surface area contributed by atoms with Crippen LogP contribution in [0.3, 0.4) is 0 Å². The van der Waals surface area contributed by atoms with Crippen molar-refractivity contribution in [2.45, 2.75) is 44.7 Å². The molecule has 3 aromatic carbocycles. The summed E-state index contributed by atoms with van der Waals surface area (Å²) in [5.74, 6) is -0.859. The Balaban J connectivity index is 2.08. The first-order valence-corrected chi connectivity index (χ1v) is 14.4. The molecule has 38 heavy (non-hydrogen) atoms. The standard InChI is InChI=1S/C28H31Cl2N3O4S/c1-4-25(28(35)31-5-2)32(18-21-11-7-8-12-24(21)30)27(34)19-33(26-13-9-6-10-20(26)3)38(36,37)23-16-14-22(29)15-17-23/h6-17,25H,4-5,18-19H2,1-3H3,(H,31,35)/t25-/m1/s1. The second kappa shape index (κ2) is 13.1. The van der Waals surface area contributed by atoms with E-state index in [9.17, 15) is 18.0 Å². The zero-order valence-corrected chi connectivity index (χ0v) is 23.9. The van der Waals surface area contributed by atoms with E-state index < -0.39 is 28.5 Å². The molecule has 0 bridgehead atoms. The van der Waals surface area contributed by atoms with Gasteiger partial charge in [0.1, 0.15) is 12.6 Å². The van der Waals surface area contributed by atoms with Gasteiger partial charge in [0.15, 0.2) is 0 Å². The Labute approximate surface area is 234 Å². The number of carbonyl (C=O) groups excluding carboxylic acids is 2. The minimum atomic E-state index is -4.17. The van der Waals surface area contributed by atoms with Crippen LogP contribution in [0.15, 0.2) is 77.7 Å². The zero-order chi connectivity index (χ0) is 27.9. The molecule has 0 heterocycles. The second-order valence-electron chi connectivity index (χ2n) is 8.68. The molecule has 0 saturated carbocycles. The van der Waals surface area contributed by atoms with Crippen LogP contribution >= 0.6 is 23.2 Å². The van der Waals surface area contributed by atoms with E-state index in [-0.39, 0.29) is 17.3 Å². The van der Waals surface area contributed by atoms with Gasteiger partial charge in [0.25, 0.3) is 10.0 Å². The third-order valence-electron chi connectivity index (χ3n) is 6.10. The van der Waals surface area contributed by atoms with Crippen LogP contribution in [-0.4, -0.2) is 44.3 Å². The quantitative estimate of drug-likeness (QED) is 0.330. The number of benzene rings is 3. The number of amides is 2. The summed E-state index contributed by atoms with van der Waals surface area (Å²) in [4.78, 5) is 28.3. The van der Waals surface area contributed by atoms with Crippen LogP contribution in [0.25, 0.3) is 0 Å². The summed E-state index contributed by atoms with van der Waals surface area (Å²) in [7, 11) is -4.17. The molecule has 0 aromatic heterocycles. The summed E-state index contributed by atoms with van der Waals surface area (Å²) < 4.78 is 28.8. The molecule has 1 N–H and O–H groups in total. The summed E-state index contributed by atoms with van der Waals surface area (Å²) in [6.45, 7) is 5.28. The Morgan fingerprint density at radius 1 is 0.921 bits per heavy atom. The molecule has 0 spiro atoms. The van der Waals surface area contributed by atoms with Crippen molar-refractivity contribution < 1.29 is 18.0 Å². The van der Waals surface area contributed by atoms with Crippen LogP contribution in [0, 0.1) is 6.92 Å². The van der Waals surface area contributed by atoms with Gasteiger partial charge in [0, 0.05) is 23.1 Å². The van der Waals surface area contributed by atoms with Gasteiger partial charge in [0.05, 0.1) is 10.6 Å². The number of halogens is 2. The van der Waals surface area contributed by atoms with E-state index in [0.29, 0.717) is 39.8 Å². The molecule has 0 saturated heterocycles. The van der Waals surface area contributed by atoms with Crippen molar-refractivity contribution in [1.29, 1.82) is 0 Å². The van der Waals surface area contributed by atoms with E-state index in [1.807, 2.05) is 0 Å². The lowest BCUT2D eigenvalue weighted by molar-refractivity contribution is -0.140. The van der Waals surface area contributed by atoms with Gasteiger partial charge in [-0.05, 0) is 67.8 Å². The van der Waals surface area contributed by atoms with Gasteiger partial charge in [-0.25, -0.2) is 8.42 Å². The van der Waals surface area contributed by atoms with E-state index in [0.717, 1.165) is 4.31 Å². The van der Waals surface area contributed by atoms with Crippen molar-refractivity contribution >= 4 is 50.7 Å². The maximum absolute atomic E-state index is 14.0. The van der Waals surface area contributed by atoms with Crippen molar-refractivity contribution in [3.05, 3.63) is 94.0 Å². The number of nitrogens with zero attached hydrogens (tertiary/aromatic N) is 2. The third kappa shape index (κ3) is 6.87.